The molecule has 1 heterocycles. The van der Waals surface area contributed by atoms with Gasteiger partial charge in [-0.15, -0.1) is 0 Å². The SMILES string of the molecule is O=C(Nc1ccccc1O)c1cc(S(=O)(=O)N2CCCC2)c(Cl)cc1Cl. The third kappa shape index (κ3) is 3.66. The smallest absolute Gasteiger partial charge is 0.257 e. The highest BCUT2D eigenvalue weighted by atomic mass is 35.5. The quantitative estimate of drug-likeness (QED) is 0.745. The van der Waals surface area contributed by atoms with Gasteiger partial charge >= 0.3 is 0 Å². The Hall–Kier alpha value is -1.80. The van der Waals surface area contributed by atoms with Gasteiger partial charge in [0, 0.05) is 13.1 Å². The second kappa shape index (κ2) is 7.44. The molecule has 138 valence electrons. The third-order valence-electron chi connectivity index (χ3n) is 4.10. The molecule has 1 fully saturated rings. The van der Waals surface area contributed by atoms with Gasteiger partial charge in [-0.05, 0) is 37.1 Å². The summed E-state index contributed by atoms with van der Waals surface area (Å²) in [5, 5.41) is 12.3. The van der Waals surface area contributed by atoms with E-state index >= 15 is 0 Å². The molecular formula is C17H16Cl2N2O4S. The number of benzene rings is 2. The maximum atomic E-state index is 12.8. The normalized spacial score (nSPS) is 15.2. The van der Waals surface area contributed by atoms with Gasteiger partial charge in [0.25, 0.3) is 5.91 Å². The molecule has 1 aliphatic heterocycles. The molecule has 0 aliphatic carbocycles. The first kappa shape index (κ1) is 19.0. The third-order valence-corrected chi connectivity index (χ3v) is 6.78. The second-order valence-electron chi connectivity index (χ2n) is 5.84. The number of para-hydroxylation sites is 2. The van der Waals surface area contributed by atoms with Crippen molar-refractivity contribution in [1.29, 1.82) is 0 Å². The Morgan fingerprint density at radius 3 is 2.38 bits per heavy atom. The van der Waals surface area contributed by atoms with Crippen LogP contribution in [0.5, 0.6) is 5.75 Å². The van der Waals surface area contributed by atoms with Crippen molar-refractivity contribution in [3.05, 3.63) is 52.0 Å². The van der Waals surface area contributed by atoms with Crippen LogP contribution in [0.3, 0.4) is 0 Å². The van der Waals surface area contributed by atoms with Crippen molar-refractivity contribution >= 4 is 44.8 Å². The van der Waals surface area contributed by atoms with Crippen molar-refractivity contribution in [2.75, 3.05) is 18.4 Å². The minimum Gasteiger partial charge on any atom is -0.506 e. The van der Waals surface area contributed by atoms with Gasteiger partial charge in [0.15, 0.2) is 0 Å². The number of sulfonamides is 1. The molecule has 2 aromatic rings. The number of carbonyl (C=O) groups excluding carboxylic acids is 1. The standard InChI is InChI=1S/C17H16Cl2N2O4S/c18-12-10-13(19)16(26(24,25)21-7-3-4-8-21)9-11(12)17(23)20-14-5-1-2-6-15(14)22/h1-2,5-6,9-10,22H,3-4,7-8H2,(H,20,23). The number of halogens is 2. The molecule has 6 nitrogen and oxygen atoms in total. The summed E-state index contributed by atoms with van der Waals surface area (Å²) in [5.74, 6) is -0.762. The fraction of sp³-hybridized carbons (Fsp3) is 0.235. The van der Waals surface area contributed by atoms with E-state index in [0.717, 1.165) is 12.8 Å². The van der Waals surface area contributed by atoms with E-state index < -0.39 is 15.9 Å². The molecule has 0 spiro atoms. The number of aromatic hydroxyl groups is 1. The van der Waals surface area contributed by atoms with Gasteiger partial charge in [0.1, 0.15) is 10.6 Å². The largest absolute Gasteiger partial charge is 0.506 e. The zero-order valence-electron chi connectivity index (χ0n) is 13.6. The molecule has 0 bridgehead atoms. The van der Waals surface area contributed by atoms with E-state index in [1.807, 2.05) is 0 Å². The number of nitrogens with zero attached hydrogens (tertiary/aromatic N) is 1. The van der Waals surface area contributed by atoms with Gasteiger partial charge < -0.3 is 10.4 Å². The van der Waals surface area contributed by atoms with Crippen LogP contribution in [0.4, 0.5) is 5.69 Å². The molecule has 2 aromatic carbocycles. The van der Waals surface area contributed by atoms with Crippen molar-refractivity contribution in [2.24, 2.45) is 0 Å². The molecule has 1 saturated heterocycles. The summed E-state index contributed by atoms with van der Waals surface area (Å²) in [5.41, 5.74) is 0.143. The number of rotatable bonds is 4. The van der Waals surface area contributed by atoms with E-state index in [1.165, 1.54) is 28.6 Å². The predicted octanol–water partition coefficient (Wildman–Crippen LogP) is 3.74. The van der Waals surface area contributed by atoms with Gasteiger partial charge in [0.2, 0.25) is 10.0 Å². The summed E-state index contributed by atoms with van der Waals surface area (Å²) >= 11 is 12.2. The predicted molar refractivity (Wildman–Crippen MR) is 101 cm³/mol. The molecule has 3 rings (SSSR count). The summed E-state index contributed by atoms with van der Waals surface area (Å²) < 4.78 is 26.9. The summed E-state index contributed by atoms with van der Waals surface area (Å²) in [7, 11) is -3.81. The molecule has 0 aromatic heterocycles. The number of anilines is 1. The number of phenols is 1. The lowest BCUT2D eigenvalue weighted by Gasteiger charge is -2.18. The number of amides is 1. The molecule has 0 saturated carbocycles. The minimum absolute atomic E-state index is 0.0169. The first-order chi connectivity index (χ1) is 12.3. The number of hydrogen-bond donors (Lipinski definition) is 2. The lowest BCUT2D eigenvalue weighted by atomic mass is 10.2. The fourth-order valence-corrected chi connectivity index (χ4v) is 5.09. The highest BCUT2D eigenvalue weighted by Gasteiger charge is 2.30. The van der Waals surface area contributed by atoms with Crippen molar-refractivity contribution in [1.82, 2.24) is 4.31 Å². The molecule has 0 atom stereocenters. The number of hydrogen-bond acceptors (Lipinski definition) is 4. The number of carbonyl (C=O) groups is 1. The number of phenolic OH excluding ortho intramolecular Hbond substituents is 1. The van der Waals surface area contributed by atoms with Crippen molar-refractivity contribution in [3.8, 4) is 5.75 Å². The van der Waals surface area contributed by atoms with E-state index in [9.17, 15) is 18.3 Å². The molecule has 1 amide bonds. The molecule has 26 heavy (non-hydrogen) atoms. The van der Waals surface area contributed by atoms with E-state index in [1.54, 1.807) is 12.1 Å². The highest BCUT2D eigenvalue weighted by molar-refractivity contribution is 7.89. The maximum absolute atomic E-state index is 12.8. The van der Waals surface area contributed by atoms with Crippen LogP contribution in [-0.4, -0.2) is 36.8 Å². The van der Waals surface area contributed by atoms with E-state index in [4.69, 9.17) is 23.2 Å². The van der Waals surface area contributed by atoms with Gasteiger partial charge in [-0.1, -0.05) is 35.3 Å². The highest BCUT2D eigenvalue weighted by Crippen LogP contribution is 2.33. The van der Waals surface area contributed by atoms with Crippen LogP contribution >= 0.6 is 23.2 Å². The fourth-order valence-electron chi connectivity index (χ4n) is 2.74. The first-order valence-electron chi connectivity index (χ1n) is 7.89. The monoisotopic (exact) mass is 414 g/mol. The first-order valence-corrected chi connectivity index (χ1v) is 10.1. The van der Waals surface area contributed by atoms with Crippen LogP contribution in [0.1, 0.15) is 23.2 Å². The van der Waals surface area contributed by atoms with Crippen LogP contribution in [-0.2, 0) is 10.0 Å². The average Bonchev–Trinajstić information content (AvgIpc) is 3.12. The van der Waals surface area contributed by atoms with Gasteiger partial charge in [-0.25, -0.2) is 8.42 Å². The zero-order chi connectivity index (χ0) is 18.9. The molecule has 0 unspecified atom stereocenters. The van der Waals surface area contributed by atoms with E-state index in [2.05, 4.69) is 5.32 Å². The lowest BCUT2D eigenvalue weighted by Crippen LogP contribution is -2.28. The molecule has 1 aliphatic rings. The Labute approximate surface area is 161 Å². The zero-order valence-corrected chi connectivity index (χ0v) is 15.9. The second-order valence-corrected chi connectivity index (χ2v) is 8.57. The van der Waals surface area contributed by atoms with E-state index in [0.29, 0.717) is 13.1 Å². The van der Waals surface area contributed by atoms with Crippen LogP contribution in [0.25, 0.3) is 0 Å². The van der Waals surface area contributed by atoms with Crippen LogP contribution in [0.15, 0.2) is 41.3 Å². The van der Waals surface area contributed by atoms with Gasteiger partial charge in [-0.3, -0.25) is 4.79 Å². The molecule has 0 radical (unpaired) electrons. The maximum Gasteiger partial charge on any atom is 0.257 e. The van der Waals surface area contributed by atoms with Gasteiger partial charge in [-0.2, -0.15) is 4.31 Å². The van der Waals surface area contributed by atoms with Crippen molar-refractivity contribution in [3.63, 3.8) is 0 Å². The van der Waals surface area contributed by atoms with Gasteiger partial charge in [0.05, 0.1) is 21.3 Å². The molecule has 9 heteroatoms. The van der Waals surface area contributed by atoms with Crippen molar-refractivity contribution < 1.29 is 18.3 Å². The Morgan fingerprint density at radius 2 is 1.73 bits per heavy atom. The van der Waals surface area contributed by atoms with E-state index in [-0.39, 0.29) is 31.9 Å². The van der Waals surface area contributed by atoms with Crippen LogP contribution in [0.2, 0.25) is 10.0 Å². The topological polar surface area (TPSA) is 86.7 Å². The Bertz CT molecular complexity index is 957. The van der Waals surface area contributed by atoms with Crippen molar-refractivity contribution in [2.45, 2.75) is 17.7 Å². The van der Waals surface area contributed by atoms with Crippen LogP contribution in [0, 0.1) is 0 Å². The summed E-state index contributed by atoms with van der Waals surface area (Å²) in [4.78, 5) is 12.4. The Balaban J connectivity index is 1.98. The summed E-state index contributed by atoms with van der Waals surface area (Å²) in [6, 6.07) is 8.60. The summed E-state index contributed by atoms with van der Waals surface area (Å²) in [6.45, 7) is 0.835. The minimum atomic E-state index is -3.81. The summed E-state index contributed by atoms with van der Waals surface area (Å²) in [6.07, 6.45) is 1.57. The Morgan fingerprint density at radius 1 is 1.08 bits per heavy atom. The average molecular weight is 415 g/mol. The molecular weight excluding hydrogens is 399 g/mol. The Kier molecular flexibility index (Phi) is 5.43. The number of nitrogens with one attached hydrogen (secondary N) is 1. The molecule has 2 N–H and O–H groups in total. The lowest BCUT2D eigenvalue weighted by molar-refractivity contribution is 0.102. The van der Waals surface area contributed by atoms with Crippen LogP contribution < -0.4 is 5.32 Å².